The Morgan fingerprint density at radius 2 is 2.17 bits per heavy atom. The second-order valence-electron chi connectivity index (χ2n) is 4.77. The van der Waals surface area contributed by atoms with Crippen LogP contribution in [-0.4, -0.2) is 37.0 Å². The highest BCUT2D eigenvalue weighted by Gasteiger charge is 2.22. The maximum absolute atomic E-state index is 12.2. The summed E-state index contributed by atoms with van der Waals surface area (Å²) in [7, 11) is 1.96. The van der Waals surface area contributed by atoms with E-state index < -0.39 is 0 Å². The monoisotopic (exact) mass is 266 g/mol. The molecule has 0 saturated carbocycles. The molecule has 1 unspecified atom stereocenters. The molecule has 1 aromatic carbocycles. The molecule has 4 heteroatoms. The molecule has 1 N–H and O–H groups in total. The first kappa shape index (κ1) is 13.4. The number of rotatable bonds is 3. The van der Waals surface area contributed by atoms with Gasteiger partial charge in [-0.2, -0.15) is 0 Å². The van der Waals surface area contributed by atoms with Crippen LogP contribution in [0.2, 0.25) is 5.02 Å². The highest BCUT2D eigenvalue weighted by molar-refractivity contribution is 6.30. The van der Waals surface area contributed by atoms with Crippen LogP contribution < -0.4 is 5.32 Å². The molecule has 0 radical (unpaired) electrons. The fourth-order valence-corrected chi connectivity index (χ4v) is 2.45. The van der Waals surface area contributed by atoms with Crippen molar-refractivity contribution in [3.05, 3.63) is 34.9 Å². The number of amides is 1. The van der Waals surface area contributed by atoms with Crippen LogP contribution in [0.5, 0.6) is 0 Å². The molecular formula is C14H19ClN2O. The Morgan fingerprint density at radius 1 is 1.44 bits per heavy atom. The minimum absolute atomic E-state index is 0.206. The summed E-state index contributed by atoms with van der Waals surface area (Å²) >= 11 is 5.83. The van der Waals surface area contributed by atoms with Gasteiger partial charge < -0.3 is 10.2 Å². The summed E-state index contributed by atoms with van der Waals surface area (Å²) in [5.74, 6) is 0.206. The first-order valence-electron chi connectivity index (χ1n) is 6.38. The highest BCUT2D eigenvalue weighted by atomic mass is 35.5. The van der Waals surface area contributed by atoms with E-state index in [4.69, 9.17) is 11.6 Å². The maximum atomic E-state index is 12.2. The van der Waals surface area contributed by atoms with Gasteiger partial charge in [0.25, 0.3) is 0 Å². The average Bonchev–Trinajstić information content (AvgIpc) is 2.41. The number of hydrogen-bond acceptors (Lipinski definition) is 2. The third-order valence-electron chi connectivity index (χ3n) is 3.45. The Kier molecular flexibility index (Phi) is 4.61. The minimum Gasteiger partial charge on any atom is -0.341 e. The van der Waals surface area contributed by atoms with Gasteiger partial charge in [-0.25, -0.2) is 0 Å². The van der Waals surface area contributed by atoms with Crippen molar-refractivity contribution < 1.29 is 4.79 Å². The minimum atomic E-state index is 0.206. The summed E-state index contributed by atoms with van der Waals surface area (Å²) in [6, 6.07) is 7.93. The average molecular weight is 267 g/mol. The molecule has 1 heterocycles. The maximum Gasteiger partial charge on any atom is 0.227 e. The molecule has 1 saturated heterocycles. The van der Waals surface area contributed by atoms with Crippen LogP contribution in [0.25, 0.3) is 0 Å². The van der Waals surface area contributed by atoms with Crippen molar-refractivity contribution in [2.24, 2.45) is 0 Å². The molecule has 0 spiro atoms. The SMILES string of the molecule is CNC1CCCN(C(=O)Cc2ccc(Cl)cc2)C1. The predicted octanol–water partition coefficient (Wildman–Crippen LogP) is 2.09. The number of benzene rings is 1. The number of likely N-dealkylation sites (N-methyl/N-ethyl adjacent to an activating group) is 1. The lowest BCUT2D eigenvalue weighted by Crippen LogP contribution is -2.47. The van der Waals surface area contributed by atoms with Gasteiger partial charge in [0.05, 0.1) is 6.42 Å². The van der Waals surface area contributed by atoms with E-state index in [2.05, 4.69) is 5.32 Å². The van der Waals surface area contributed by atoms with Gasteiger partial charge in [0, 0.05) is 24.2 Å². The molecular weight excluding hydrogens is 248 g/mol. The van der Waals surface area contributed by atoms with Gasteiger partial charge in [0.15, 0.2) is 0 Å². The molecule has 1 aliphatic rings. The van der Waals surface area contributed by atoms with E-state index in [1.807, 2.05) is 36.2 Å². The van der Waals surface area contributed by atoms with Crippen molar-refractivity contribution in [3.63, 3.8) is 0 Å². The van der Waals surface area contributed by atoms with Crippen LogP contribution in [0.1, 0.15) is 18.4 Å². The number of carbonyl (C=O) groups excluding carboxylic acids is 1. The molecule has 1 aliphatic heterocycles. The summed E-state index contributed by atoms with van der Waals surface area (Å²) in [6.45, 7) is 1.70. The molecule has 18 heavy (non-hydrogen) atoms. The number of hydrogen-bond donors (Lipinski definition) is 1. The van der Waals surface area contributed by atoms with Gasteiger partial charge in [0.1, 0.15) is 0 Å². The number of halogens is 1. The standard InChI is InChI=1S/C14H19ClN2O/c1-16-13-3-2-8-17(10-13)14(18)9-11-4-6-12(15)7-5-11/h4-7,13,16H,2-3,8-10H2,1H3. The van der Waals surface area contributed by atoms with Crippen LogP contribution in [0, 0.1) is 0 Å². The van der Waals surface area contributed by atoms with Gasteiger partial charge >= 0.3 is 0 Å². The van der Waals surface area contributed by atoms with Crippen molar-refractivity contribution in [2.75, 3.05) is 20.1 Å². The molecule has 1 fully saturated rings. The second kappa shape index (κ2) is 6.21. The van der Waals surface area contributed by atoms with Crippen LogP contribution in [0.4, 0.5) is 0 Å². The molecule has 2 rings (SSSR count). The number of carbonyl (C=O) groups is 1. The molecule has 0 aliphatic carbocycles. The normalized spacial score (nSPS) is 19.9. The smallest absolute Gasteiger partial charge is 0.227 e. The molecule has 0 aromatic heterocycles. The summed E-state index contributed by atoms with van der Waals surface area (Å²) < 4.78 is 0. The Labute approximate surface area is 113 Å². The van der Waals surface area contributed by atoms with Crippen LogP contribution in [0.15, 0.2) is 24.3 Å². The first-order valence-corrected chi connectivity index (χ1v) is 6.76. The summed E-state index contributed by atoms with van der Waals surface area (Å²) in [5.41, 5.74) is 1.02. The Balaban J connectivity index is 1.93. The van der Waals surface area contributed by atoms with E-state index in [1.54, 1.807) is 0 Å². The van der Waals surface area contributed by atoms with Crippen LogP contribution in [-0.2, 0) is 11.2 Å². The van der Waals surface area contributed by atoms with Crippen molar-refractivity contribution in [2.45, 2.75) is 25.3 Å². The fraction of sp³-hybridized carbons (Fsp3) is 0.500. The molecule has 1 amide bonds. The summed E-state index contributed by atoms with van der Waals surface area (Å²) in [5, 5.41) is 3.96. The lowest BCUT2D eigenvalue weighted by molar-refractivity contribution is -0.131. The van der Waals surface area contributed by atoms with Gasteiger partial charge in [-0.3, -0.25) is 4.79 Å². The van der Waals surface area contributed by atoms with E-state index in [-0.39, 0.29) is 5.91 Å². The Morgan fingerprint density at radius 3 is 2.83 bits per heavy atom. The number of nitrogens with one attached hydrogen (secondary N) is 1. The molecule has 1 aromatic rings. The lowest BCUT2D eigenvalue weighted by Gasteiger charge is -2.32. The van der Waals surface area contributed by atoms with E-state index >= 15 is 0 Å². The summed E-state index contributed by atoms with van der Waals surface area (Å²) in [4.78, 5) is 14.1. The third kappa shape index (κ3) is 3.47. The van der Waals surface area contributed by atoms with Gasteiger partial charge in [0.2, 0.25) is 5.91 Å². The Bertz CT molecular complexity index is 405. The Hall–Kier alpha value is -1.06. The number of nitrogens with zero attached hydrogens (tertiary/aromatic N) is 1. The van der Waals surface area contributed by atoms with Crippen molar-refractivity contribution in [1.29, 1.82) is 0 Å². The fourth-order valence-electron chi connectivity index (χ4n) is 2.33. The van der Waals surface area contributed by atoms with E-state index in [0.717, 1.165) is 31.5 Å². The quantitative estimate of drug-likeness (QED) is 0.909. The van der Waals surface area contributed by atoms with Crippen molar-refractivity contribution in [3.8, 4) is 0 Å². The highest BCUT2D eigenvalue weighted by Crippen LogP contribution is 2.14. The molecule has 3 nitrogen and oxygen atoms in total. The number of piperidine rings is 1. The van der Waals surface area contributed by atoms with Crippen LogP contribution in [0.3, 0.4) is 0 Å². The third-order valence-corrected chi connectivity index (χ3v) is 3.70. The topological polar surface area (TPSA) is 32.3 Å². The lowest BCUT2D eigenvalue weighted by atomic mass is 10.0. The summed E-state index contributed by atoms with van der Waals surface area (Å²) in [6.07, 6.45) is 2.70. The molecule has 1 atom stereocenters. The van der Waals surface area contributed by atoms with Gasteiger partial charge in [-0.05, 0) is 37.6 Å². The van der Waals surface area contributed by atoms with Gasteiger partial charge in [-0.1, -0.05) is 23.7 Å². The zero-order valence-electron chi connectivity index (χ0n) is 10.7. The van der Waals surface area contributed by atoms with Crippen LogP contribution >= 0.6 is 11.6 Å². The second-order valence-corrected chi connectivity index (χ2v) is 5.21. The van der Waals surface area contributed by atoms with E-state index in [1.165, 1.54) is 0 Å². The van der Waals surface area contributed by atoms with E-state index in [0.29, 0.717) is 17.5 Å². The molecule has 98 valence electrons. The largest absolute Gasteiger partial charge is 0.341 e. The molecule has 0 bridgehead atoms. The number of likely N-dealkylation sites (tertiary alicyclic amines) is 1. The zero-order valence-corrected chi connectivity index (χ0v) is 11.4. The predicted molar refractivity (Wildman–Crippen MR) is 73.8 cm³/mol. The zero-order chi connectivity index (χ0) is 13.0. The van der Waals surface area contributed by atoms with Crippen molar-refractivity contribution in [1.82, 2.24) is 10.2 Å². The van der Waals surface area contributed by atoms with Gasteiger partial charge in [-0.15, -0.1) is 0 Å². The first-order chi connectivity index (χ1) is 8.69. The van der Waals surface area contributed by atoms with Crippen molar-refractivity contribution >= 4 is 17.5 Å². The van der Waals surface area contributed by atoms with E-state index in [9.17, 15) is 4.79 Å².